The third-order valence-corrected chi connectivity index (χ3v) is 8.02. The molecule has 1 aromatic carbocycles. The van der Waals surface area contributed by atoms with E-state index in [1.807, 2.05) is 43.5 Å². The number of carbonyl (C=O) groups is 2. The number of rotatable bonds is 8. The first-order valence-corrected chi connectivity index (χ1v) is 13.7. The summed E-state index contributed by atoms with van der Waals surface area (Å²) in [5.41, 5.74) is 0.904. The summed E-state index contributed by atoms with van der Waals surface area (Å²) in [6.45, 7) is 7.55. The number of likely N-dealkylation sites (tertiary alicyclic amines) is 1. The van der Waals surface area contributed by atoms with E-state index in [1.165, 1.54) is 11.3 Å². The molecule has 1 unspecified atom stereocenters. The van der Waals surface area contributed by atoms with E-state index in [0.29, 0.717) is 24.5 Å². The molecule has 176 valence electrons. The molecule has 1 aliphatic heterocycles. The molecule has 0 spiro atoms. The lowest BCUT2D eigenvalue weighted by Crippen LogP contribution is -2.46. The number of sulfone groups is 1. The molecule has 10 heteroatoms. The third-order valence-electron chi connectivity index (χ3n) is 5.61. The first-order chi connectivity index (χ1) is 15.3. The van der Waals surface area contributed by atoms with E-state index >= 15 is 0 Å². The molecule has 1 fully saturated rings. The Balaban J connectivity index is 1.77. The maximum atomic E-state index is 12.6. The van der Waals surface area contributed by atoms with Crippen LogP contribution in [0.25, 0.3) is 10.2 Å². The number of carbonyl (C=O) groups excluding carboxylic acids is 2. The zero-order valence-electron chi connectivity index (χ0n) is 18.9. The lowest BCUT2D eigenvalue weighted by Gasteiger charge is -2.35. The van der Waals surface area contributed by atoms with Crippen LogP contribution in [0.15, 0.2) is 23.2 Å². The van der Waals surface area contributed by atoms with Crippen molar-refractivity contribution in [2.45, 2.75) is 59.0 Å². The molecule has 32 heavy (non-hydrogen) atoms. The second-order valence-electron chi connectivity index (χ2n) is 7.87. The minimum atomic E-state index is -3.90. The Morgan fingerprint density at radius 3 is 2.66 bits per heavy atom. The summed E-state index contributed by atoms with van der Waals surface area (Å²) in [5.74, 6) is -1.87. The Bertz CT molecular complexity index is 1150. The fourth-order valence-corrected chi connectivity index (χ4v) is 6.33. The van der Waals surface area contributed by atoms with Crippen molar-refractivity contribution in [2.24, 2.45) is 4.99 Å². The predicted molar refractivity (Wildman–Crippen MR) is 126 cm³/mol. The highest BCUT2D eigenvalue weighted by Crippen LogP contribution is 2.23. The van der Waals surface area contributed by atoms with E-state index in [-0.39, 0.29) is 6.04 Å². The van der Waals surface area contributed by atoms with Gasteiger partial charge < -0.3 is 14.2 Å². The van der Waals surface area contributed by atoms with Gasteiger partial charge in [-0.15, -0.1) is 0 Å². The van der Waals surface area contributed by atoms with E-state index in [9.17, 15) is 18.0 Å². The summed E-state index contributed by atoms with van der Waals surface area (Å²) in [4.78, 5) is 31.3. The highest BCUT2D eigenvalue weighted by atomic mass is 32.2. The van der Waals surface area contributed by atoms with Crippen LogP contribution in [0.3, 0.4) is 0 Å². The molecule has 0 aliphatic carbocycles. The zero-order chi connectivity index (χ0) is 23.3. The van der Waals surface area contributed by atoms with E-state index in [1.54, 1.807) is 4.90 Å². The number of hydrogen-bond acceptors (Lipinski definition) is 6. The summed E-state index contributed by atoms with van der Waals surface area (Å²) >= 11 is 1.31. The second-order valence-corrected chi connectivity index (χ2v) is 10.9. The van der Waals surface area contributed by atoms with Gasteiger partial charge in [0.1, 0.15) is 17.3 Å². The van der Waals surface area contributed by atoms with Crippen molar-refractivity contribution in [2.75, 3.05) is 24.7 Å². The summed E-state index contributed by atoms with van der Waals surface area (Å²) in [7, 11) is -3.90. The smallest absolute Gasteiger partial charge is 0.263 e. The summed E-state index contributed by atoms with van der Waals surface area (Å²) in [5, 5.41) is 0. The van der Waals surface area contributed by atoms with Crippen LogP contribution in [0.4, 0.5) is 0 Å². The van der Waals surface area contributed by atoms with Crippen molar-refractivity contribution in [1.29, 1.82) is 0 Å². The number of fused-ring (bicyclic) bond motifs is 1. The van der Waals surface area contributed by atoms with Crippen LogP contribution in [0.2, 0.25) is 0 Å². The summed E-state index contributed by atoms with van der Waals surface area (Å²) in [6, 6.07) is 5.73. The van der Waals surface area contributed by atoms with Gasteiger partial charge in [-0.05, 0) is 57.7 Å². The Hall–Kier alpha value is -2.20. The van der Waals surface area contributed by atoms with Crippen LogP contribution < -0.4 is 9.54 Å². The monoisotopic (exact) mass is 481 g/mol. The summed E-state index contributed by atoms with van der Waals surface area (Å²) in [6.07, 6.45) is 3.62. The van der Waals surface area contributed by atoms with Crippen molar-refractivity contribution in [3.05, 3.63) is 23.0 Å². The second kappa shape index (κ2) is 10.6. The first-order valence-electron chi connectivity index (χ1n) is 11.1. The Morgan fingerprint density at radius 2 is 1.97 bits per heavy atom. The molecule has 2 amide bonds. The maximum Gasteiger partial charge on any atom is 0.263 e. The normalized spacial score (nSPS) is 17.7. The fraction of sp³-hybridized carbons (Fsp3) is 0.591. The van der Waals surface area contributed by atoms with Crippen LogP contribution >= 0.6 is 11.3 Å². The summed E-state index contributed by atoms with van der Waals surface area (Å²) < 4.78 is 33.4. The molecule has 1 aromatic heterocycles. The molecule has 0 saturated carbocycles. The van der Waals surface area contributed by atoms with Gasteiger partial charge in [-0.3, -0.25) is 9.59 Å². The van der Waals surface area contributed by atoms with Crippen molar-refractivity contribution in [1.82, 2.24) is 9.47 Å². The van der Waals surface area contributed by atoms with E-state index in [0.717, 1.165) is 41.6 Å². The van der Waals surface area contributed by atoms with Crippen molar-refractivity contribution >= 4 is 43.2 Å². The van der Waals surface area contributed by atoms with E-state index < -0.39 is 33.2 Å². The molecule has 0 bridgehead atoms. The molecule has 2 heterocycles. The average Bonchev–Trinajstić information content (AvgIpc) is 3.08. The molecule has 1 saturated heterocycles. The molecule has 8 nitrogen and oxygen atoms in total. The quantitative estimate of drug-likeness (QED) is 0.577. The van der Waals surface area contributed by atoms with E-state index in [4.69, 9.17) is 4.74 Å². The van der Waals surface area contributed by atoms with Gasteiger partial charge in [0.05, 0.1) is 16.8 Å². The van der Waals surface area contributed by atoms with Crippen LogP contribution in [0.5, 0.6) is 5.75 Å². The number of piperidine rings is 1. The van der Waals surface area contributed by atoms with Gasteiger partial charge in [0.2, 0.25) is 5.91 Å². The minimum Gasteiger partial charge on any atom is -0.494 e. The van der Waals surface area contributed by atoms with Crippen molar-refractivity contribution in [3.8, 4) is 5.75 Å². The van der Waals surface area contributed by atoms with Gasteiger partial charge in [0, 0.05) is 19.1 Å². The van der Waals surface area contributed by atoms with Gasteiger partial charge >= 0.3 is 0 Å². The van der Waals surface area contributed by atoms with Gasteiger partial charge in [-0.2, -0.15) is 4.99 Å². The number of benzene rings is 1. The van der Waals surface area contributed by atoms with Crippen LogP contribution in [0, 0.1) is 0 Å². The Labute approximate surface area is 192 Å². The van der Waals surface area contributed by atoms with Crippen LogP contribution in [0.1, 0.15) is 46.5 Å². The van der Waals surface area contributed by atoms with Crippen LogP contribution in [-0.2, 0) is 26.0 Å². The molecule has 3 rings (SSSR count). The standard InChI is InChI=1S/C22H31N3O5S2/c1-4-16-9-7-8-12-25(16)21(27)15-32(28,29)14-20(26)23-22-24(5-2)18-11-10-17(30-6-3)13-19(18)31-22/h10-11,13,16H,4-9,12,14-15H2,1-3H3. The molecule has 0 N–H and O–H groups in total. The van der Waals surface area contributed by atoms with Crippen molar-refractivity contribution in [3.63, 3.8) is 0 Å². The Morgan fingerprint density at radius 1 is 1.19 bits per heavy atom. The van der Waals surface area contributed by atoms with Gasteiger partial charge in [0.25, 0.3) is 5.91 Å². The molecule has 1 atom stereocenters. The molecule has 2 aromatic rings. The number of aromatic nitrogens is 1. The predicted octanol–water partition coefficient (Wildman–Crippen LogP) is 2.75. The topological polar surface area (TPSA) is 98.0 Å². The highest BCUT2D eigenvalue weighted by molar-refractivity contribution is 7.92. The largest absolute Gasteiger partial charge is 0.494 e. The van der Waals surface area contributed by atoms with Crippen molar-refractivity contribution < 1.29 is 22.7 Å². The van der Waals surface area contributed by atoms with Gasteiger partial charge in [-0.25, -0.2) is 8.42 Å². The number of hydrogen-bond donors (Lipinski definition) is 0. The molecular weight excluding hydrogens is 450 g/mol. The third kappa shape index (κ3) is 5.78. The van der Waals surface area contributed by atoms with Gasteiger partial charge in [0.15, 0.2) is 14.6 Å². The lowest BCUT2D eigenvalue weighted by molar-refractivity contribution is -0.132. The van der Waals surface area contributed by atoms with Gasteiger partial charge in [-0.1, -0.05) is 18.3 Å². The zero-order valence-corrected chi connectivity index (χ0v) is 20.5. The molecule has 0 radical (unpaired) electrons. The minimum absolute atomic E-state index is 0.0791. The molecule has 1 aliphatic rings. The lowest BCUT2D eigenvalue weighted by atomic mass is 10.0. The number of ether oxygens (including phenoxy) is 1. The average molecular weight is 482 g/mol. The number of thiazole rings is 1. The Kier molecular flexibility index (Phi) is 8.10. The number of nitrogens with zero attached hydrogens (tertiary/aromatic N) is 3. The highest BCUT2D eigenvalue weighted by Gasteiger charge is 2.29. The van der Waals surface area contributed by atoms with Crippen LogP contribution in [-0.4, -0.2) is 60.4 Å². The SMILES string of the molecule is CCOc1ccc2c(c1)sc(=NC(=O)CS(=O)(=O)CC(=O)N1CCCCC1CC)n2CC. The maximum absolute atomic E-state index is 12.6. The molecular formula is C22H31N3O5S2. The first kappa shape index (κ1) is 24.4. The number of amides is 2. The fourth-order valence-electron chi connectivity index (χ4n) is 4.10. The number of aryl methyl sites for hydroxylation is 1. The van der Waals surface area contributed by atoms with E-state index in [2.05, 4.69) is 4.99 Å².